The monoisotopic (exact) mass is 262 g/mol. The second kappa shape index (κ2) is 3.93. The Morgan fingerprint density at radius 3 is 2.20 bits per heavy atom. The average Bonchev–Trinajstić information content (AvgIpc) is 2.50. The molecule has 3 nitrogen and oxygen atoms in total. The topological polar surface area (TPSA) is 37.8 Å². The van der Waals surface area contributed by atoms with Gasteiger partial charge in [0, 0.05) is 17.3 Å². The van der Waals surface area contributed by atoms with Crippen molar-refractivity contribution in [3.05, 3.63) is 49.8 Å². The highest BCUT2D eigenvalue weighted by Crippen LogP contribution is 2.30. The summed E-state index contributed by atoms with van der Waals surface area (Å²) < 4.78 is 1.25. The van der Waals surface area contributed by atoms with Gasteiger partial charge in [0.05, 0.1) is 10.0 Å². The van der Waals surface area contributed by atoms with Crippen LogP contribution < -0.4 is 5.56 Å². The zero-order valence-corrected chi connectivity index (χ0v) is 9.57. The molecule has 0 amide bonds. The van der Waals surface area contributed by atoms with Crippen LogP contribution >= 0.6 is 34.8 Å². The van der Waals surface area contributed by atoms with Gasteiger partial charge in [0.2, 0.25) is 0 Å². The number of aromatic amines is 1. The highest BCUT2D eigenvalue weighted by molar-refractivity contribution is 6.40. The first-order chi connectivity index (χ1) is 7.09. The molecule has 2 aromatic rings. The molecule has 1 N–H and O–H groups in total. The lowest BCUT2D eigenvalue weighted by Gasteiger charge is -2.07. The Balaban J connectivity index is 2.74. The van der Waals surface area contributed by atoms with Crippen molar-refractivity contribution in [2.75, 3.05) is 0 Å². The molecule has 0 saturated carbocycles. The molecule has 2 rings (SSSR count). The van der Waals surface area contributed by atoms with Crippen LogP contribution in [0.5, 0.6) is 0 Å². The first-order valence-corrected chi connectivity index (χ1v) is 5.14. The smallest absolute Gasteiger partial charge is 0.271 e. The summed E-state index contributed by atoms with van der Waals surface area (Å²) in [6.07, 6.45) is 1.50. The lowest BCUT2D eigenvalue weighted by molar-refractivity contribution is 0.850. The Kier molecular flexibility index (Phi) is 2.78. The van der Waals surface area contributed by atoms with E-state index < -0.39 is 0 Å². The zero-order chi connectivity index (χ0) is 11.0. The van der Waals surface area contributed by atoms with Gasteiger partial charge in [0.25, 0.3) is 5.56 Å². The fraction of sp³-hybridized carbons (Fsp3) is 0. The molecule has 0 aliphatic carbocycles. The number of hydrogen-bond acceptors (Lipinski definition) is 1. The first-order valence-electron chi connectivity index (χ1n) is 4.01. The van der Waals surface area contributed by atoms with Crippen molar-refractivity contribution in [2.45, 2.75) is 0 Å². The van der Waals surface area contributed by atoms with Crippen LogP contribution in [0.2, 0.25) is 15.1 Å². The Morgan fingerprint density at radius 2 is 1.73 bits per heavy atom. The maximum Gasteiger partial charge on any atom is 0.271 e. The number of benzene rings is 1. The van der Waals surface area contributed by atoms with Gasteiger partial charge in [-0.15, -0.1) is 0 Å². The number of H-pyrrole nitrogens is 1. The van der Waals surface area contributed by atoms with E-state index in [0.29, 0.717) is 20.8 Å². The minimum atomic E-state index is -0.235. The van der Waals surface area contributed by atoms with Gasteiger partial charge in [0.1, 0.15) is 5.69 Å². The average molecular weight is 264 g/mol. The number of hydrogen-bond donors (Lipinski definition) is 1. The first kappa shape index (κ1) is 10.6. The molecule has 1 heterocycles. The third kappa shape index (κ3) is 1.91. The molecule has 0 fully saturated rings. The van der Waals surface area contributed by atoms with Gasteiger partial charge in [-0.3, -0.25) is 9.89 Å². The van der Waals surface area contributed by atoms with Crippen LogP contribution in [0.4, 0.5) is 0 Å². The summed E-state index contributed by atoms with van der Waals surface area (Å²) in [6, 6.07) is 4.43. The Hall–Kier alpha value is -0.900. The molecule has 0 saturated heterocycles. The van der Waals surface area contributed by atoms with Crippen LogP contribution in [0.25, 0.3) is 5.69 Å². The van der Waals surface area contributed by atoms with Crippen LogP contribution in [0.15, 0.2) is 29.2 Å². The van der Waals surface area contributed by atoms with Gasteiger partial charge >= 0.3 is 0 Å². The molecule has 0 atom stereocenters. The Morgan fingerprint density at radius 1 is 1.13 bits per heavy atom. The largest absolute Gasteiger partial charge is 0.298 e. The number of aromatic nitrogens is 2. The van der Waals surface area contributed by atoms with Gasteiger partial charge < -0.3 is 0 Å². The third-order valence-corrected chi connectivity index (χ3v) is 2.65. The maximum absolute atomic E-state index is 11.4. The van der Waals surface area contributed by atoms with Gasteiger partial charge in [-0.05, 0) is 12.1 Å². The molecule has 0 aliphatic rings. The normalized spacial score (nSPS) is 10.6. The van der Waals surface area contributed by atoms with Crippen LogP contribution in [-0.2, 0) is 0 Å². The summed E-state index contributed by atoms with van der Waals surface area (Å²) in [6.45, 7) is 0. The zero-order valence-electron chi connectivity index (χ0n) is 7.30. The molecule has 0 spiro atoms. The fourth-order valence-electron chi connectivity index (χ4n) is 1.24. The molecule has 0 radical (unpaired) electrons. The van der Waals surface area contributed by atoms with Gasteiger partial charge in [-0.1, -0.05) is 34.8 Å². The van der Waals surface area contributed by atoms with Crippen molar-refractivity contribution in [1.82, 2.24) is 9.78 Å². The Bertz CT molecular complexity index is 535. The summed E-state index contributed by atoms with van der Waals surface area (Å²) in [4.78, 5) is 11.4. The van der Waals surface area contributed by atoms with E-state index in [4.69, 9.17) is 34.8 Å². The summed E-state index contributed by atoms with van der Waals surface area (Å²) >= 11 is 17.7. The maximum atomic E-state index is 11.4. The lowest BCUT2D eigenvalue weighted by Crippen LogP contribution is -2.14. The van der Waals surface area contributed by atoms with Gasteiger partial charge in [-0.2, -0.15) is 0 Å². The summed E-state index contributed by atoms with van der Waals surface area (Å²) in [5.74, 6) is 0. The highest BCUT2D eigenvalue weighted by atomic mass is 35.5. The highest BCUT2D eigenvalue weighted by Gasteiger charge is 2.11. The fourth-order valence-corrected chi connectivity index (χ4v) is 2.23. The molecule has 6 heteroatoms. The molecule has 1 aromatic heterocycles. The van der Waals surface area contributed by atoms with Crippen molar-refractivity contribution in [1.29, 1.82) is 0 Å². The van der Waals surface area contributed by atoms with Gasteiger partial charge in [0.15, 0.2) is 0 Å². The summed E-state index contributed by atoms with van der Waals surface area (Å²) in [5.41, 5.74) is 0.166. The second-order valence-electron chi connectivity index (χ2n) is 2.85. The molecule has 0 aliphatic heterocycles. The van der Waals surface area contributed by atoms with Crippen molar-refractivity contribution in [3.63, 3.8) is 0 Å². The molecular formula is C9H5Cl3N2O. The van der Waals surface area contributed by atoms with E-state index in [9.17, 15) is 4.79 Å². The summed E-state index contributed by atoms with van der Waals surface area (Å²) in [7, 11) is 0. The van der Waals surface area contributed by atoms with Crippen LogP contribution in [0.3, 0.4) is 0 Å². The Labute approximate surface area is 100 Å². The van der Waals surface area contributed by atoms with Crippen LogP contribution in [0, 0.1) is 0 Å². The number of nitrogens with one attached hydrogen (secondary N) is 1. The van der Waals surface area contributed by atoms with Crippen molar-refractivity contribution in [3.8, 4) is 5.69 Å². The molecule has 1 aromatic carbocycles. The molecule has 0 bridgehead atoms. The van der Waals surface area contributed by atoms with E-state index in [-0.39, 0.29) is 5.56 Å². The van der Waals surface area contributed by atoms with E-state index in [1.807, 2.05) is 0 Å². The SMILES string of the molecule is O=c1cc[nH]n1-c1c(Cl)cc(Cl)cc1Cl. The molecular weight excluding hydrogens is 258 g/mol. The number of halogens is 3. The van der Waals surface area contributed by atoms with Crippen molar-refractivity contribution in [2.24, 2.45) is 0 Å². The minimum Gasteiger partial charge on any atom is -0.298 e. The summed E-state index contributed by atoms with van der Waals surface area (Å²) in [5, 5.41) is 3.77. The minimum absolute atomic E-state index is 0.235. The van der Waals surface area contributed by atoms with Gasteiger partial charge in [-0.25, -0.2) is 4.68 Å². The molecule has 78 valence electrons. The lowest BCUT2D eigenvalue weighted by atomic mass is 10.3. The van der Waals surface area contributed by atoms with E-state index in [1.165, 1.54) is 29.1 Å². The number of nitrogens with zero attached hydrogens (tertiary/aromatic N) is 1. The predicted octanol–water partition coefficient (Wildman–Crippen LogP) is 3.13. The second-order valence-corrected chi connectivity index (χ2v) is 4.10. The predicted molar refractivity (Wildman–Crippen MR) is 61.4 cm³/mol. The standard InChI is InChI=1S/C9H5Cl3N2O/c10-5-3-6(11)9(7(12)4-5)14-8(15)1-2-13-14/h1-4,13H. The van der Waals surface area contributed by atoms with E-state index >= 15 is 0 Å². The van der Waals surface area contributed by atoms with Crippen molar-refractivity contribution < 1.29 is 0 Å². The third-order valence-electron chi connectivity index (χ3n) is 1.86. The van der Waals surface area contributed by atoms with E-state index in [2.05, 4.69) is 5.10 Å². The molecule has 15 heavy (non-hydrogen) atoms. The quantitative estimate of drug-likeness (QED) is 0.843. The molecule has 0 unspecified atom stereocenters. The van der Waals surface area contributed by atoms with Crippen LogP contribution in [0.1, 0.15) is 0 Å². The van der Waals surface area contributed by atoms with E-state index in [1.54, 1.807) is 0 Å². The number of rotatable bonds is 1. The van der Waals surface area contributed by atoms with Crippen LogP contribution in [-0.4, -0.2) is 9.78 Å². The van der Waals surface area contributed by atoms with E-state index in [0.717, 1.165) is 0 Å². The van der Waals surface area contributed by atoms with Crippen molar-refractivity contribution >= 4 is 34.8 Å².